The third kappa shape index (κ3) is 4.47. The minimum atomic E-state index is -3.79. The van der Waals surface area contributed by atoms with Gasteiger partial charge in [0, 0.05) is 18.7 Å². The van der Waals surface area contributed by atoms with Crippen LogP contribution >= 0.6 is 0 Å². The topological polar surface area (TPSA) is 121 Å². The van der Waals surface area contributed by atoms with Crippen molar-refractivity contribution >= 4 is 27.7 Å². The molecule has 1 aromatic carbocycles. The average molecular weight is 382 g/mol. The van der Waals surface area contributed by atoms with Crippen LogP contribution in [-0.4, -0.2) is 54.6 Å². The Hall–Kier alpha value is -2.26. The molecule has 1 aliphatic rings. The maximum absolute atomic E-state index is 12.8. The highest BCUT2D eigenvalue weighted by atomic mass is 32.2. The molecule has 1 amide bonds. The molecule has 1 fully saturated rings. The number of amides is 1. The van der Waals surface area contributed by atoms with Gasteiger partial charge < -0.3 is 10.4 Å². The van der Waals surface area contributed by atoms with Crippen molar-refractivity contribution in [2.45, 2.75) is 37.6 Å². The number of carbonyl (C=O) groups excluding carboxylic acids is 2. The summed E-state index contributed by atoms with van der Waals surface area (Å²) in [5.41, 5.74) is 0.419. The SMILES string of the molecule is CC(=O)c1ccc(S(=O)(=O)N2CCC[C@H](C(=O)N[C@@H](C)C(=O)O)C2)cc1. The zero-order chi connectivity index (χ0) is 19.5. The van der Waals surface area contributed by atoms with Crippen molar-refractivity contribution in [3.8, 4) is 0 Å². The summed E-state index contributed by atoms with van der Waals surface area (Å²) in [7, 11) is -3.79. The van der Waals surface area contributed by atoms with Crippen LogP contribution in [0, 0.1) is 5.92 Å². The van der Waals surface area contributed by atoms with Gasteiger partial charge in [0.2, 0.25) is 15.9 Å². The number of nitrogens with zero attached hydrogens (tertiary/aromatic N) is 1. The van der Waals surface area contributed by atoms with Gasteiger partial charge >= 0.3 is 5.97 Å². The maximum Gasteiger partial charge on any atom is 0.325 e. The molecule has 26 heavy (non-hydrogen) atoms. The van der Waals surface area contributed by atoms with E-state index < -0.39 is 33.9 Å². The molecule has 1 aliphatic heterocycles. The number of carboxylic acids is 1. The fourth-order valence-corrected chi connectivity index (χ4v) is 4.30. The molecular weight excluding hydrogens is 360 g/mol. The molecule has 0 aliphatic carbocycles. The van der Waals surface area contributed by atoms with Gasteiger partial charge in [-0.15, -0.1) is 0 Å². The molecule has 1 aromatic rings. The smallest absolute Gasteiger partial charge is 0.325 e. The predicted octanol–water partition coefficient (Wildman–Crippen LogP) is 0.879. The summed E-state index contributed by atoms with van der Waals surface area (Å²) < 4.78 is 26.8. The van der Waals surface area contributed by atoms with Gasteiger partial charge in [0.1, 0.15) is 6.04 Å². The molecule has 0 unspecified atom stereocenters. The van der Waals surface area contributed by atoms with E-state index in [1.54, 1.807) is 0 Å². The standard InChI is InChI=1S/C17H22N2O6S/c1-11(17(22)23)18-16(21)14-4-3-9-19(10-14)26(24,25)15-7-5-13(6-8-15)12(2)20/h5-8,11,14H,3-4,9-10H2,1-2H3,(H,18,21)(H,22,23)/t11-,14-/m0/s1. The number of nitrogens with one attached hydrogen (secondary N) is 1. The summed E-state index contributed by atoms with van der Waals surface area (Å²) in [5.74, 6) is -2.37. The Labute approximate surface area is 152 Å². The molecule has 2 rings (SSSR count). The Kier molecular flexibility index (Phi) is 6.14. The highest BCUT2D eigenvalue weighted by Crippen LogP contribution is 2.24. The number of Topliss-reactive ketones (excluding diaryl/α,β-unsaturated/α-hetero) is 1. The van der Waals surface area contributed by atoms with Crippen LogP contribution in [0.15, 0.2) is 29.2 Å². The van der Waals surface area contributed by atoms with Gasteiger partial charge in [-0.25, -0.2) is 8.42 Å². The predicted molar refractivity (Wildman–Crippen MR) is 93.2 cm³/mol. The number of carbonyl (C=O) groups is 3. The number of ketones is 1. The van der Waals surface area contributed by atoms with Gasteiger partial charge in [0.25, 0.3) is 0 Å². The number of sulfonamides is 1. The van der Waals surface area contributed by atoms with Crippen LogP contribution in [0.25, 0.3) is 0 Å². The average Bonchev–Trinajstić information content (AvgIpc) is 2.61. The fourth-order valence-electron chi connectivity index (χ4n) is 2.78. The van der Waals surface area contributed by atoms with Crippen LogP contribution in [0.2, 0.25) is 0 Å². The first kappa shape index (κ1) is 20.1. The number of aliphatic carboxylic acids is 1. The van der Waals surface area contributed by atoms with Crippen molar-refractivity contribution in [2.75, 3.05) is 13.1 Å². The van der Waals surface area contributed by atoms with E-state index in [2.05, 4.69) is 5.32 Å². The second-order valence-corrected chi connectivity index (χ2v) is 8.29. The first-order valence-corrected chi connectivity index (χ1v) is 9.71. The number of rotatable bonds is 6. The lowest BCUT2D eigenvalue weighted by Crippen LogP contribution is -2.48. The molecule has 8 nitrogen and oxygen atoms in total. The number of hydrogen-bond donors (Lipinski definition) is 2. The van der Waals surface area contributed by atoms with Crippen LogP contribution in [0.5, 0.6) is 0 Å². The van der Waals surface area contributed by atoms with Crippen molar-refractivity contribution in [1.82, 2.24) is 9.62 Å². The largest absolute Gasteiger partial charge is 0.480 e. The second kappa shape index (κ2) is 7.96. The highest BCUT2D eigenvalue weighted by Gasteiger charge is 2.34. The zero-order valence-corrected chi connectivity index (χ0v) is 15.5. The molecule has 9 heteroatoms. The number of piperidine rings is 1. The van der Waals surface area contributed by atoms with Crippen LogP contribution in [-0.2, 0) is 19.6 Å². The van der Waals surface area contributed by atoms with E-state index in [0.717, 1.165) is 0 Å². The second-order valence-electron chi connectivity index (χ2n) is 6.35. The lowest BCUT2D eigenvalue weighted by Gasteiger charge is -2.31. The van der Waals surface area contributed by atoms with E-state index in [1.165, 1.54) is 42.4 Å². The molecule has 2 N–H and O–H groups in total. The van der Waals surface area contributed by atoms with Crippen LogP contribution < -0.4 is 5.32 Å². The fraction of sp³-hybridized carbons (Fsp3) is 0.471. The molecule has 0 radical (unpaired) electrons. The normalized spacial score (nSPS) is 19.5. The van der Waals surface area contributed by atoms with Crippen LogP contribution in [0.1, 0.15) is 37.0 Å². The monoisotopic (exact) mass is 382 g/mol. The summed E-state index contributed by atoms with van der Waals surface area (Å²) in [6, 6.07) is 4.63. The Bertz CT molecular complexity index is 803. The Morgan fingerprint density at radius 3 is 2.38 bits per heavy atom. The number of carboxylic acid groups (broad SMARTS) is 1. The zero-order valence-electron chi connectivity index (χ0n) is 14.6. The van der Waals surface area contributed by atoms with Crippen molar-refractivity contribution in [2.24, 2.45) is 5.92 Å². The van der Waals surface area contributed by atoms with E-state index in [4.69, 9.17) is 5.11 Å². The van der Waals surface area contributed by atoms with Gasteiger partial charge in [0.15, 0.2) is 5.78 Å². The van der Waals surface area contributed by atoms with Crippen molar-refractivity contribution in [3.05, 3.63) is 29.8 Å². The Morgan fingerprint density at radius 2 is 1.85 bits per heavy atom. The van der Waals surface area contributed by atoms with Crippen LogP contribution in [0.3, 0.4) is 0 Å². The summed E-state index contributed by atoms with van der Waals surface area (Å²) in [6.07, 6.45) is 0.998. The third-order valence-corrected chi connectivity index (χ3v) is 6.26. The first-order valence-electron chi connectivity index (χ1n) is 8.27. The molecule has 1 saturated heterocycles. The molecule has 0 spiro atoms. The lowest BCUT2D eigenvalue weighted by atomic mass is 9.98. The summed E-state index contributed by atoms with van der Waals surface area (Å²) in [5, 5.41) is 11.3. The Morgan fingerprint density at radius 1 is 1.23 bits per heavy atom. The summed E-state index contributed by atoms with van der Waals surface area (Å²) >= 11 is 0. The molecule has 1 heterocycles. The number of hydrogen-bond acceptors (Lipinski definition) is 5. The van der Waals surface area contributed by atoms with E-state index in [1.807, 2.05) is 0 Å². The third-order valence-electron chi connectivity index (χ3n) is 4.38. The van der Waals surface area contributed by atoms with Gasteiger partial charge in [0.05, 0.1) is 10.8 Å². The molecular formula is C17H22N2O6S. The van der Waals surface area contributed by atoms with E-state index >= 15 is 0 Å². The molecule has 142 valence electrons. The van der Waals surface area contributed by atoms with Gasteiger partial charge in [-0.2, -0.15) is 4.31 Å². The molecule has 0 aromatic heterocycles. The van der Waals surface area contributed by atoms with E-state index in [-0.39, 0.29) is 23.8 Å². The van der Waals surface area contributed by atoms with Gasteiger partial charge in [-0.1, -0.05) is 12.1 Å². The minimum Gasteiger partial charge on any atom is -0.480 e. The maximum atomic E-state index is 12.8. The highest BCUT2D eigenvalue weighted by molar-refractivity contribution is 7.89. The molecule has 0 bridgehead atoms. The van der Waals surface area contributed by atoms with Crippen molar-refractivity contribution in [1.29, 1.82) is 0 Å². The molecule has 0 saturated carbocycles. The lowest BCUT2D eigenvalue weighted by molar-refractivity contribution is -0.142. The quantitative estimate of drug-likeness (QED) is 0.705. The van der Waals surface area contributed by atoms with Crippen LogP contribution in [0.4, 0.5) is 0 Å². The van der Waals surface area contributed by atoms with Gasteiger partial charge in [-0.05, 0) is 38.8 Å². The van der Waals surface area contributed by atoms with Gasteiger partial charge in [-0.3, -0.25) is 14.4 Å². The van der Waals surface area contributed by atoms with E-state index in [9.17, 15) is 22.8 Å². The molecule has 2 atom stereocenters. The van der Waals surface area contributed by atoms with Crippen molar-refractivity contribution in [3.63, 3.8) is 0 Å². The number of benzene rings is 1. The summed E-state index contributed by atoms with van der Waals surface area (Å²) in [6.45, 7) is 3.04. The Balaban J connectivity index is 2.13. The summed E-state index contributed by atoms with van der Waals surface area (Å²) in [4.78, 5) is 34.4. The van der Waals surface area contributed by atoms with E-state index in [0.29, 0.717) is 18.4 Å². The van der Waals surface area contributed by atoms with Crippen molar-refractivity contribution < 1.29 is 27.9 Å². The first-order chi connectivity index (χ1) is 12.1. The minimum absolute atomic E-state index is 0.00499.